The molecule has 1 aliphatic heterocycles. The number of likely N-dealkylation sites (tertiary alicyclic amines) is 1. The molecule has 0 atom stereocenters. The summed E-state index contributed by atoms with van der Waals surface area (Å²) in [6.45, 7) is 3.45. The lowest BCUT2D eigenvalue weighted by Gasteiger charge is -2.20. The van der Waals surface area contributed by atoms with E-state index >= 15 is 0 Å². The predicted octanol–water partition coefficient (Wildman–Crippen LogP) is 3.26. The van der Waals surface area contributed by atoms with Crippen LogP contribution < -0.4 is 0 Å². The van der Waals surface area contributed by atoms with E-state index in [2.05, 4.69) is 22.6 Å². The van der Waals surface area contributed by atoms with Gasteiger partial charge < -0.3 is 9.67 Å². The minimum Gasteiger partial charge on any atom is -0.508 e. The molecule has 1 fully saturated rings. The van der Waals surface area contributed by atoms with E-state index in [1.165, 1.54) is 50.0 Å². The second kappa shape index (κ2) is 5.25. The second-order valence-electron chi connectivity index (χ2n) is 5.63. The Hall–Kier alpha value is -1.48. The lowest BCUT2D eigenvalue weighted by atomic mass is 10.2. The number of aromatic nitrogens is 1. The third-order valence-corrected chi connectivity index (χ3v) is 4.21. The van der Waals surface area contributed by atoms with Crippen molar-refractivity contribution in [2.45, 2.75) is 32.2 Å². The number of phenolic OH excluding ortho intramolecular Hbond substituents is 1. The van der Waals surface area contributed by atoms with E-state index in [0.717, 1.165) is 11.9 Å². The van der Waals surface area contributed by atoms with Gasteiger partial charge in [0.1, 0.15) is 5.75 Å². The Labute approximate surface area is 114 Å². The van der Waals surface area contributed by atoms with Crippen molar-refractivity contribution in [3.63, 3.8) is 0 Å². The molecule has 1 N–H and O–H groups in total. The van der Waals surface area contributed by atoms with Crippen molar-refractivity contribution >= 4 is 10.9 Å². The summed E-state index contributed by atoms with van der Waals surface area (Å²) in [6, 6.07) is 7.82. The molecule has 1 saturated heterocycles. The van der Waals surface area contributed by atoms with Gasteiger partial charge in [0.05, 0.1) is 0 Å². The molecule has 3 nitrogen and oxygen atoms in total. The fraction of sp³-hybridized carbons (Fsp3) is 0.500. The number of hydrogen-bond donors (Lipinski definition) is 1. The van der Waals surface area contributed by atoms with Gasteiger partial charge in [-0.2, -0.15) is 0 Å². The molecule has 3 heteroatoms. The highest BCUT2D eigenvalue weighted by Gasteiger charge is 2.13. The summed E-state index contributed by atoms with van der Waals surface area (Å²) < 4.78 is 2.25. The van der Waals surface area contributed by atoms with Crippen molar-refractivity contribution in [1.29, 1.82) is 0 Å². The molecule has 1 aromatic carbocycles. The number of aromatic hydroxyl groups is 1. The summed E-state index contributed by atoms with van der Waals surface area (Å²) in [6.07, 6.45) is 5.40. The molecule has 0 unspecified atom stereocenters. The average Bonchev–Trinajstić information content (AvgIpc) is 2.58. The molecule has 0 radical (unpaired) electrons. The van der Waals surface area contributed by atoms with E-state index in [4.69, 9.17) is 0 Å². The molecule has 102 valence electrons. The van der Waals surface area contributed by atoms with E-state index < -0.39 is 0 Å². The molecule has 0 aliphatic carbocycles. The zero-order valence-electron chi connectivity index (χ0n) is 11.6. The molecular weight excluding hydrogens is 236 g/mol. The van der Waals surface area contributed by atoms with Crippen molar-refractivity contribution in [3.05, 3.63) is 30.0 Å². The molecular formula is C16H22N2O. The van der Waals surface area contributed by atoms with Gasteiger partial charge in [-0.15, -0.1) is 0 Å². The Balaban J connectivity index is 1.85. The number of benzene rings is 1. The number of rotatable bonds is 2. The highest BCUT2D eigenvalue weighted by Crippen LogP contribution is 2.24. The van der Waals surface area contributed by atoms with Crippen LogP contribution in [0.25, 0.3) is 10.9 Å². The van der Waals surface area contributed by atoms with Crippen LogP contribution in [-0.2, 0) is 13.6 Å². The van der Waals surface area contributed by atoms with E-state index in [1.807, 2.05) is 12.1 Å². The van der Waals surface area contributed by atoms with Crippen molar-refractivity contribution in [1.82, 2.24) is 9.47 Å². The monoisotopic (exact) mass is 258 g/mol. The fourth-order valence-corrected chi connectivity index (χ4v) is 3.07. The average molecular weight is 258 g/mol. The zero-order chi connectivity index (χ0) is 13.2. The maximum Gasteiger partial charge on any atom is 0.116 e. The number of nitrogens with zero attached hydrogens (tertiary/aromatic N) is 2. The smallest absolute Gasteiger partial charge is 0.116 e. The molecule has 0 bridgehead atoms. The van der Waals surface area contributed by atoms with Gasteiger partial charge in [-0.05, 0) is 50.2 Å². The number of hydrogen-bond acceptors (Lipinski definition) is 2. The van der Waals surface area contributed by atoms with Crippen LogP contribution in [0, 0.1) is 0 Å². The molecule has 0 amide bonds. The molecule has 0 spiro atoms. The fourth-order valence-electron chi connectivity index (χ4n) is 3.07. The van der Waals surface area contributed by atoms with Crippen LogP contribution in [0.5, 0.6) is 5.75 Å². The second-order valence-corrected chi connectivity index (χ2v) is 5.63. The third-order valence-electron chi connectivity index (χ3n) is 4.21. The van der Waals surface area contributed by atoms with E-state index in [-0.39, 0.29) is 0 Å². The number of phenols is 1. The zero-order valence-corrected chi connectivity index (χ0v) is 11.6. The Bertz CT molecular complexity index is 565. The van der Waals surface area contributed by atoms with Crippen molar-refractivity contribution < 1.29 is 5.11 Å². The minimum absolute atomic E-state index is 0.347. The van der Waals surface area contributed by atoms with Gasteiger partial charge in [0.2, 0.25) is 0 Å². The Morgan fingerprint density at radius 3 is 2.53 bits per heavy atom. The first-order valence-electron chi connectivity index (χ1n) is 7.24. The quantitative estimate of drug-likeness (QED) is 0.895. The molecule has 2 heterocycles. The van der Waals surface area contributed by atoms with E-state index in [0.29, 0.717) is 5.75 Å². The minimum atomic E-state index is 0.347. The molecule has 1 aliphatic rings. The topological polar surface area (TPSA) is 28.4 Å². The summed E-state index contributed by atoms with van der Waals surface area (Å²) in [5.74, 6) is 0.347. The van der Waals surface area contributed by atoms with Crippen molar-refractivity contribution in [3.8, 4) is 5.75 Å². The lowest BCUT2D eigenvalue weighted by molar-refractivity contribution is 0.271. The highest BCUT2D eigenvalue weighted by atomic mass is 16.3. The Morgan fingerprint density at radius 2 is 1.79 bits per heavy atom. The molecule has 1 aromatic heterocycles. The van der Waals surface area contributed by atoms with Gasteiger partial charge >= 0.3 is 0 Å². The van der Waals surface area contributed by atoms with Crippen molar-refractivity contribution in [2.24, 2.45) is 7.05 Å². The van der Waals surface area contributed by atoms with Gasteiger partial charge in [-0.1, -0.05) is 12.8 Å². The van der Waals surface area contributed by atoms with Crippen LogP contribution in [0.2, 0.25) is 0 Å². The van der Waals surface area contributed by atoms with Crippen LogP contribution in [0.3, 0.4) is 0 Å². The maximum atomic E-state index is 9.57. The predicted molar refractivity (Wildman–Crippen MR) is 78.3 cm³/mol. The van der Waals surface area contributed by atoms with Crippen LogP contribution in [0.15, 0.2) is 24.3 Å². The largest absolute Gasteiger partial charge is 0.508 e. The van der Waals surface area contributed by atoms with Crippen LogP contribution in [-0.4, -0.2) is 27.7 Å². The first-order chi connectivity index (χ1) is 9.24. The molecule has 0 saturated carbocycles. The van der Waals surface area contributed by atoms with E-state index in [1.54, 1.807) is 6.07 Å². The van der Waals surface area contributed by atoms with Gasteiger partial charge in [-0.25, -0.2) is 0 Å². The van der Waals surface area contributed by atoms with Gasteiger partial charge in [-0.3, -0.25) is 4.90 Å². The lowest BCUT2D eigenvalue weighted by Crippen LogP contribution is -2.25. The van der Waals surface area contributed by atoms with Crippen molar-refractivity contribution in [2.75, 3.05) is 13.1 Å². The van der Waals surface area contributed by atoms with Gasteiger partial charge in [0.25, 0.3) is 0 Å². The SMILES string of the molecule is Cn1c(CN2CCCCCC2)cc2cc(O)ccc21. The Morgan fingerprint density at radius 1 is 1.05 bits per heavy atom. The first kappa shape index (κ1) is 12.5. The van der Waals surface area contributed by atoms with Crippen LogP contribution in [0.1, 0.15) is 31.4 Å². The van der Waals surface area contributed by atoms with Crippen LogP contribution >= 0.6 is 0 Å². The first-order valence-corrected chi connectivity index (χ1v) is 7.24. The maximum absolute atomic E-state index is 9.57. The number of aryl methyl sites for hydroxylation is 1. The standard InChI is InChI=1S/C16H22N2O/c1-17-14(12-18-8-4-2-3-5-9-18)10-13-11-15(19)6-7-16(13)17/h6-7,10-11,19H,2-5,8-9,12H2,1H3. The van der Waals surface area contributed by atoms with E-state index in [9.17, 15) is 5.11 Å². The molecule has 19 heavy (non-hydrogen) atoms. The molecule has 3 rings (SSSR count). The van der Waals surface area contributed by atoms with Crippen LogP contribution in [0.4, 0.5) is 0 Å². The van der Waals surface area contributed by atoms with Gasteiger partial charge in [0, 0.05) is 30.2 Å². The highest BCUT2D eigenvalue weighted by molar-refractivity contribution is 5.82. The summed E-state index contributed by atoms with van der Waals surface area (Å²) in [5.41, 5.74) is 2.53. The van der Waals surface area contributed by atoms with Gasteiger partial charge in [0.15, 0.2) is 0 Å². The third kappa shape index (κ3) is 2.61. The number of fused-ring (bicyclic) bond motifs is 1. The summed E-state index contributed by atoms with van der Waals surface area (Å²) in [7, 11) is 2.12. The summed E-state index contributed by atoms with van der Waals surface area (Å²) in [5, 5.41) is 10.7. The summed E-state index contributed by atoms with van der Waals surface area (Å²) in [4.78, 5) is 2.56. The normalized spacial score (nSPS) is 17.7. The Kier molecular flexibility index (Phi) is 3.47. The molecule has 2 aromatic rings. The summed E-state index contributed by atoms with van der Waals surface area (Å²) >= 11 is 0.